The van der Waals surface area contributed by atoms with Crippen molar-refractivity contribution in [2.24, 2.45) is 5.41 Å². The molecule has 1 aliphatic carbocycles. The Morgan fingerprint density at radius 2 is 1.73 bits per heavy atom. The number of ether oxygens (including phenoxy) is 2. The Labute approximate surface area is 171 Å². The summed E-state index contributed by atoms with van der Waals surface area (Å²) in [6, 6.07) is 8.92. The van der Waals surface area contributed by atoms with Gasteiger partial charge in [0.25, 0.3) is 0 Å². The number of carbonyl (C=O) groups is 1. The molecule has 5 rings (SSSR count). The second-order valence-electron chi connectivity index (χ2n) is 8.77. The number of nitrogens with one attached hydrogen (secondary N) is 1. The first-order valence-corrected chi connectivity index (χ1v) is 9.77. The Morgan fingerprint density at radius 1 is 1.03 bits per heavy atom. The lowest BCUT2D eigenvalue weighted by molar-refractivity contribution is -0.138. The molecule has 0 saturated heterocycles. The van der Waals surface area contributed by atoms with Crippen LogP contribution in [0.2, 0.25) is 0 Å². The van der Waals surface area contributed by atoms with E-state index in [1.54, 1.807) is 18.2 Å². The molecule has 1 atom stereocenters. The van der Waals surface area contributed by atoms with Gasteiger partial charge in [0.05, 0.1) is 5.56 Å². The van der Waals surface area contributed by atoms with Crippen LogP contribution in [-0.4, -0.2) is 12.6 Å². The van der Waals surface area contributed by atoms with E-state index in [-0.39, 0.29) is 30.0 Å². The summed E-state index contributed by atoms with van der Waals surface area (Å²) in [6.07, 6.45) is -3.67. The third kappa shape index (κ3) is 2.95. The lowest BCUT2D eigenvalue weighted by Crippen LogP contribution is -2.34. The maximum Gasteiger partial charge on any atom is 0.416 e. The van der Waals surface area contributed by atoms with Crippen LogP contribution in [-0.2, 0) is 11.0 Å². The molecule has 0 fully saturated rings. The summed E-state index contributed by atoms with van der Waals surface area (Å²) < 4.78 is 52.6. The fourth-order valence-electron chi connectivity index (χ4n) is 4.73. The molecule has 2 aliphatic heterocycles. The molecule has 2 aromatic carbocycles. The fraction of sp³-hybridized carbons (Fsp3) is 0.348. The largest absolute Gasteiger partial charge is 0.454 e. The van der Waals surface area contributed by atoms with Crippen molar-refractivity contribution in [2.45, 2.75) is 38.8 Å². The second kappa shape index (κ2) is 6.27. The molecule has 0 amide bonds. The lowest BCUT2D eigenvalue weighted by atomic mass is 9.68. The van der Waals surface area contributed by atoms with Crippen molar-refractivity contribution in [3.8, 4) is 11.5 Å². The van der Waals surface area contributed by atoms with Crippen molar-refractivity contribution in [2.75, 3.05) is 12.1 Å². The third-order valence-corrected chi connectivity index (χ3v) is 5.93. The van der Waals surface area contributed by atoms with Crippen LogP contribution >= 0.6 is 0 Å². The van der Waals surface area contributed by atoms with Gasteiger partial charge in [-0.1, -0.05) is 32.0 Å². The molecule has 2 aromatic rings. The predicted molar refractivity (Wildman–Crippen MR) is 105 cm³/mol. The maximum atomic E-state index is 13.9. The number of rotatable bonds is 1. The molecule has 0 saturated carbocycles. The minimum Gasteiger partial charge on any atom is -0.454 e. The van der Waals surface area contributed by atoms with E-state index in [0.29, 0.717) is 40.4 Å². The Bertz CT molecular complexity index is 1100. The Kier molecular flexibility index (Phi) is 3.98. The number of Topliss-reactive ketones (excluding diaryl/α,β-unsaturated/α-hetero) is 1. The Morgan fingerprint density at radius 3 is 2.47 bits per heavy atom. The number of carbonyl (C=O) groups excluding carboxylic acids is 1. The number of hydrogen-bond donors (Lipinski definition) is 1. The molecule has 1 N–H and O–H groups in total. The number of anilines is 1. The summed E-state index contributed by atoms with van der Waals surface area (Å²) in [6.45, 7) is 4.04. The van der Waals surface area contributed by atoms with Crippen LogP contribution in [0.1, 0.15) is 49.3 Å². The Hall–Kier alpha value is -2.96. The standard InChI is InChI=1S/C23H20F3NO3/c1-22(2)9-16-21(17(28)10-22)20(12-5-3-4-6-14(12)23(24,25)26)13-7-18-19(30-11-29-18)8-15(13)27-16/h3-8,20,27H,9-11H2,1-2H3/t20-/m0/s1. The van der Waals surface area contributed by atoms with Crippen molar-refractivity contribution in [1.29, 1.82) is 0 Å². The molecule has 30 heavy (non-hydrogen) atoms. The van der Waals surface area contributed by atoms with Crippen LogP contribution in [0, 0.1) is 5.41 Å². The van der Waals surface area contributed by atoms with Gasteiger partial charge >= 0.3 is 6.18 Å². The third-order valence-electron chi connectivity index (χ3n) is 5.93. The minimum absolute atomic E-state index is 0.0567. The first-order chi connectivity index (χ1) is 14.1. The molecule has 0 unspecified atom stereocenters. The van der Waals surface area contributed by atoms with E-state index in [4.69, 9.17) is 9.47 Å². The van der Waals surface area contributed by atoms with Gasteiger partial charge in [0.15, 0.2) is 17.3 Å². The molecule has 0 aromatic heterocycles. The van der Waals surface area contributed by atoms with Crippen LogP contribution in [0.15, 0.2) is 47.7 Å². The minimum atomic E-state index is -4.53. The average Bonchev–Trinajstić information content (AvgIpc) is 3.10. The van der Waals surface area contributed by atoms with E-state index in [1.165, 1.54) is 12.1 Å². The van der Waals surface area contributed by atoms with Gasteiger partial charge in [-0.05, 0) is 35.1 Å². The van der Waals surface area contributed by atoms with Crippen molar-refractivity contribution in [3.63, 3.8) is 0 Å². The van der Waals surface area contributed by atoms with Crippen LogP contribution in [0.5, 0.6) is 11.5 Å². The van der Waals surface area contributed by atoms with Gasteiger partial charge in [-0.2, -0.15) is 13.2 Å². The van der Waals surface area contributed by atoms with Gasteiger partial charge in [0.1, 0.15) is 0 Å². The number of halogens is 3. The number of fused-ring (bicyclic) bond motifs is 2. The van der Waals surface area contributed by atoms with Crippen molar-refractivity contribution in [1.82, 2.24) is 0 Å². The summed E-state index contributed by atoms with van der Waals surface area (Å²) in [5.41, 5.74) is 1.40. The van der Waals surface area contributed by atoms with Gasteiger partial charge < -0.3 is 14.8 Å². The van der Waals surface area contributed by atoms with E-state index < -0.39 is 17.7 Å². The monoisotopic (exact) mass is 415 g/mol. The number of ketones is 1. The van der Waals surface area contributed by atoms with Crippen molar-refractivity contribution >= 4 is 11.5 Å². The quantitative estimate of drug-likeness (QED) is 0.655. The number of hydrogen-bond acceptors (Lipinski definition) is 4. The highest BCUT2D eigenvalue weighted by atomic mass is 19.4. The number of alkyl halides is 3. The highest BCUT2D eigenvalue weighted by Gasteiger charge is 2.44. The van der Waals surface area contributed by atoms with Gasteiger partial charge in [-0.3, -0.25) is 4.79 Å². The molecular formula is C23H20F3NO3. The topological polar surface area (TPSA) is 47.6 Å². The molecular weight excluding hydrogens is 395 g/mol. The SMILES string of the molecule is CC1(C)CC(=O)C2=C(C1)Nc1cc3c(cc1[C@@H]2c1ccccc1C(F)(F)F)OCO3. The molecule has 0 bridgehead atoms. The zero-order valence-corrected chi connectivity index (χ0v) is 16.5. The van der Waals surface area contributed by atoms with Crippen LogP contribution in [0.3, 0.4) is 0 Å². The summed E-state index contributed by atoms with van der Waals surface area (Å²) in [7, 11) is 0. The average molecular weight is 415 g/mol. The van der Waals surface area contributed by atoms with Gasteiger partial charge in [0.2, 0.25) is 6.79 Å². The normalized spacial score (nSPS) is 21.8. The zero-order chi connectivity index (χ0) is 21.3. The fourth-order valence-corrected chi connectivity index (χ4v) is 4.73. The van der Waals surface area contributed by atoms with E-state index in [2.05, 4.69) is 5.32 Å². The maximum absolute atomic E-state index is 13.9. The molecule has 4 nitrogen and oxygen atoms in total. The number of allylic oxidation sites excluding steroid dienone is 2. The second-order valence-corrected chi connectivity index (χ2v) is 8.77. The van der Waals surface area contributed by atoms with Crippen LogP contribution < -0.4 is 14.8 Å². The highest BCUT2D eigenvalue weighted by Crippen LogP contribution is 2.53. The van der Waals surface area contributed by atoms with E-state index in [9.17, 15) is 18.0 Å². The first kappa shape index (κ1) is 19.0. The van der Waals surface area contributed by atoms with Gasteiger partial charge in [-0.15, -0.1) is 0 Å². The summed E-state index contributed by atoms with van der Waals surface area (Å²) in [5, 5.41) is 3.31. The van der Waals surface area contributed by atoms with Crippen molar-refractivity contribution < 1.29 is 27.4 Å². The summed E-state index contributed by atoms with van der Waals surface area (Å²) in [4.78, 5) is 13.2. The Balaban J connectivity index is 1.78. The smallest absolute Gasteiger partial charge is 0.416 e. The van der Waals surface area contributed by atoms with Gasteiger partial charge in [-0.25, -0.2) is 0 Å². The molecule has 3 aliphatic rings. The molecule has 2 heterocycles. The van der Waals surface area contributed by atoms with Gasteiger partial charge in [0, 0.05) is 35.4 Å². The molecule has 156 valence electrons. The number of benzene rings is 2. The van der Waals surface area contributed by atoms with Crippen molar-refractivity contribution in [3.05, 3.63) is 64.4 Å². The molecule has 0 spiro atoms. The highest BCUT2D eigenvalue weighted by molar-refractivity contribution is 6.02. The summed E-state index contributed by atoms with van der Waals surface area (Å²) in [5.74, 6) is 0.0541. The predicted octanol–water partition coefficient (Wildman–Crippen LogP) is 5.63. The summed E-state index contributed by atoms with van der Waals surface area (Å²) >= 11 is 0. The first-order valence-electron chi connectivity index (χ1n) is 9.77. The zero-order valence-electron chi connectivity index (χ0n) is 16.5. The molecule has 0 radical (unpaired) electrons. The van der Waals surface area contributed by atoms with E-state index in [1.807, 2.05) is 13.8 Å². The van der Waals surface area contributed by atoms with Crippen LogP contribution in [0.4, 0.5) is 18.9 Å². The van der Waals surface area contributed by atoms with Crippen LogP contribution in [0.25, 0.3) is 0 Å². The van der Waals surface area contributed by atoms with E-state index >= 15 is 0 Å². The lowest BCUT2D eigenvalue weighted by Gasteiger charge is -2.40. The molecule has 7 heteroatoms. The van der Waals surface area contributed by atoms with E-state index in [0.717, 1.165) is 6.07 Å².